The second-order valence-electron chi connectivity index (χ2n) is 6.34. The summed E-state index contributed by atoms with van der Waals surface area (Å²) in [6.45, 7) is 3.80. The number of nitrogens with zero attached hydrogens (tertiary/aromatic N) is 1. The first-order valence-corrected chi connectivity index (χ1v) is 11.2. The van der Waals surface area contributed by atoms with Crippen molar-refractivity contribution < 1.29 is 29.0 Å². The number of thioether (sulfide) groups is 1. The maximum absolute atomic E-state index is 12.4. The lowest BCUT2D eigenvalue weighted by Gasteiger charge is -2.11. The molecule has 0 aliphatic heterocycles. The molecule has 0 radical (unpaired) electrons. The van der Waals surface area contributed by atoms with Crippen LogP contribution in [0.2, 0.25) is 0 Å². The first-order chi connectivity index (χ1) is 14.8. The van der Waals surface area contributed by atoms with Crippen molar-refractivity contribution >= 4 is 57.7 Å². The van der Waals surface area contributed by atoms with Crippen LogP contribution in [-0.4, -0.2) is 45.7 Å². The van der Waals surface area contributed by atoms with Crippen LogP contribution in [0.3, 0.4) is 0 Å². The minimum Gasteiger partial charge on any atom is -0.481 e. The van der Waals surface area contributed by atoms with Gasteiger partial charge >= 0.3 is 11.9 Å². The first kappa shape index (κ1) is 24.4. The van der Waals surface area contributed by atoms with E-state index in [4.69, 9.17) is 9.84 Å². The maximum atomic E-state index is 12.4. The Kier molecular flexibility index (Phi) is 9.47. The Labute approximate surface area is 187 Å². The number of nitrogens with one attached hydrogen (secondary N) is 2. The third-order valence-electron chi connectivity index (χ3n) is 3.80. The van der Waals surface area contributed by atoms with Crippen molar-refractivity contribution in [2.75, 3.05) is 17.2 Å². The summed E-state index contributed by atoms with van der Waals surface area (Å²) in [6.07, 6.45) is -0.263. The molecule has 9 nitrogen and oxygen atoms in total. The summed E-state index contributed by atoms with van der Waals surface area (Å²) in [5.74, 6) is -1.99. The van der Waals surface area contributed by atoms with Gasteiger partial charge in [-0.25, -0.2) is 4.98 Å². The standard InChI is InChI=1S/C20H23N3O6S2/c1-3-29-18(27)10-14-11-30-20(22-14)23-19(28)12(2)31-15-6-4-13(5-7-15)21-16(24)8-9-17(25)26/h4-7,11-12H,3,8-10H2,1-2H3,(H,21,24)(H,25,26)(H,22,23,28). The van der Waals surface area contributed by atoms with Crippen molar-refractivity contribution in [3.05, 3.63) is 35.3 Å². The number of ether oxygens (including phenoxy) is 1. The average Bonchev–Trinajstić information content (AvgIpc) is 3.14. The number of aromatic nitrogens is 1. The minimum absolute atomic E-state index is 0.0592. The molecular weight excluding hydrogens is 442 g/mol. The van der Waals surface area contributed by atoms with E-state index in [9.17, 15) is 19.2 Å². The van der Waals surface area contributed by atoms with Gasteiger partial charge in [0, 0.05) is 22.4 Å². The lowest BCUT2D eigenvalue weighted by atomic mass is 10.2. The van der Waals surface area contributed by atoms with E-state index in [2.05, 4.69) is 15.6 Å². The smallest absolute Gasteiger partial charge is 0.311 e. The Morgan fingerprint density at radius 3 is 2.52 bits per heavy atom. The summed E-state index contributed by atoms with van der Waals surface area (Å²) in [4.78, 5) is 51.2. The average molecular weight is 466 g/mol. The molecule has 2 rings (SSSR count). The lowest BCUT2D eigenvalue weighted by Crippen LogP contribution is -2.22. The van der Waals surface area contributed by atoms with Gasteiger partial charge in [0.15, 0.2) is 5.13 Å². The fourth-order valence-electron chi connectivity index (χ4n) is 2.33. The quantitative estimate of drug-likeness (QED) is 0.340. The van der Waals surface area contributed by atoms with Crippen molar-refractivity contribution in [2.45, 2.75) is 43.3 Å². The summed E-state index contributed by atoms with van der Waals surface area (Å²) >= 11 is 2.57. The second-order valence-corrected chi connectivity index (χ2v) is 8.61. The molecule has 0 spiro atoms. The molecule has 0 aliphatic rings. The van der Waals surface area contributed by atoms with Crippen molar-refractivity contribution in [1.82, 2.24) is 4.98 Å². The molecule has 1 aromatic carbocycles. The fourth-order valence-corrected chi connectivity index (χ4v) is 3.91. The van der Waals surface area contributed by atoms with E-state index in [1.807, 2.05) is 0 Å². The van der Waals surface area contributed by atoms with Crippen LogP contribution in [0.25, 0.3) is 0 Å². The minimum atomic E-state index is -1.03. The normalized spacial score (nSPS) is 11.4. The lowest BCUT2D eigenvalue weighted by molar-refractivity contribution is -0.142. The van der Waals surface area contributed by atoms with Gasteiger partial charge in [0.2, 0.25) is 11.8 Å². The molecule has 31 heavy (non-hydrogen) atoms. The fraction of sp³-hybridized carbons (Fsp3) is 0.350. The van der Waals surface area contributed by atoms with Crippen molar-refractivity contribution in [1.29, 1.82) is 0 Å². The van der Waals surface area contributed by atoms with Crippen LogP contribution in [0, 0.1) is 0 Å². The molecule has 0 fully saturated rings. The number of thiazole rings is 1. The van der Waals surface area contributed by atoms with Crippen LogP contribution in [0.1, 0.15) is 32.4 Å². The highest BCUT2D eigenvalue weighted by Gasteiger charge is 2.17. The number of amides is 2. The van der Waals surface area contributed by atoms with Crippen molar-refractivity contribution in [2.24, 2.45) is 0 Å². The largest absolute Gasteiger partial charge is 0.481 e. The van der Waals surface area contributed by atoms with E-state index in [0.717, 1.165) is 4.90 Å². The second kappa shape index (κ2) is 12.1. The monoisotopic (exact) mass is 465 g/mol. The molecule has 0 aliphatic carbocycles. The van der Waals surface area contributed by atoms with Crippen LogP contribution in [0.5, 0.6) is 0 Å². The van der Waals surface area contributed by atoms with Gasteiger partial charge < -0.3 is 20.5 Å². The predicted molar refractivity (Wildman–Crippen MR) is 118 cm³/mol. The SMILES string of the molecule is CCOC(=O)Cc1csc(NC(=O)C(C)Sc2ccc(NC(=O)CCC(=O)O)cc2)n1. The number of aliphatic carboxylic acids is 1. The van der Waals surface area contributed by atoms with Crippen molar-refractivity contribution in [3.8, 4) is 0 Å². The molecule has 166 valence electrons. The van der Waals surface area contributed by atoms with Crippen LogP contribution in [-0.2, 0) is 30.3 Å². The number of carboxylic acid groups (broad SMARTS) is 1. The van der Waals surface area contributed by atoms with Gasteiger partial charge in [-0.3, -0.25) is 19.2 Å². The topological polar surface area (TPSA) is 135 Å². The molecule has 11 heteroatoms. The Balaban J connectivity index is 1.83. The van der Waals surface area contributed by atoms with Gasteiger partial charge in [0.1, 0.15) is 0 Å². The molecule has 1 unspecified atom stereocenters. The molecule has 2 amide bonds. The third kappa shape index (κ3) is 8.77. The summed E-state index contributed by atoms with van der Waals surface area (Å²) in [5, 5.41) is 15.7. The Hall–Kier alpha value is -2.92. The van der Waals surface area contributed by atoms with E-state index in [1.165, 1.54) is 23.1 Å². The number of anilines is 2. The number of carbonyl (C=O) groups is 4. The van der Waals surface area contributed by atoms with E-state index in [0.29, 0.717) is 23.1 Å². The van der Waals surface area contributed by atoms with Gasteiger partial charge in [-0.05, 0) is 38.1 Å². The Morgan fingerprint density at radius 2 is 1.87 bits per heavy atom. The first-order valence-electron chi connectivity index (χ1n) is 9.46. The van der Waals surface area contributed by atoms with Crippen LogP contribution < -0.4 is 10.6 Å². The number of esters is 1. The number of rotatable bonds is 11. The zero-order valence-electron chi connectivity index (χ0n) is 17.0. The highest BCUT2D eigenvalue weighted by Crippen LogP contribution is 2.26. The molecular formula is C20H23N3O6S2. The van der Waals surface area contributed by atoms with Gasteiger partial charge in [-0.15, -0.1) is 23.1 Å². The van der Waals surface area contributed by atoms with E-state index in [-0.39, 0.29) is 37.0 Å². The molecule has 0 saturated heterocycles. The highest BCUT2D eigenvalue weighted by atomic mass is 32.2. The summed E-state index contributed by atoms with van der Waals surface area (Å²) in [6, 6.07) is 6.91. The molecule has 0 saturated carbocycles. The molecule has 2 aromatic rings. The van der Waals surface area contributed by atoms with E-state index >= 15 is 0 Å². The molecule has 1 heterocycles. The summed E-state index contributed by atoms with van der Waals surface area (Å²) in [7, 11) is 0. The molecule has 1 atom stereocenters. The predicted octanol–water partition coefficient (Wildman–Crippen LogP) is 3.17. The number of carboxylic acids is 1. The summed E-state index contributed by atoms with van der Waals surface area (Å²) < 4.78 is 4.88. The number of benzene rings is 1. The van der Waals surface area contributed by atoms with Gasteiger partial charge in [-0.1, -0.05) is 0 Å². The van der Waals surface area contributed by atoms with Crippen molar-refractivity contribution in [3.63, 3.8) is 0 Å². The van der Waals surface area contributed by atoms with Crippen LogP contribution in [0.15, 0.2) is 34.5 Å². The Morgan fingerprint density at radius 1 is 1.16 bits per heavy atom. The zero-order valence-corrected chi connectivity index (χ0v) is 18.7. The van der Waals surface area contributed by atoms with Crippen LogP contribution >= 0.6 is 23.1 Å². The maximum Gasteiger partial charge on any atom is 0.311 e. The molecule has 0 bridgehead atoms. The zero-order chi connectivity index (χ0) is 22.8. The highest BCUT2D eigenvalue weighted by molar-refractivity contribution is 8.00. The molecule has 1 aromatic heterocycles. The van der Waals surface area contributed by atoms with Gasteiger partial charge in [-0.2, -0.15) is 0 Å². The summed E-state index contributed by atoms with van der Waals surface area (Å²) in [5.41, 5.74) is 1.09. The number of hydrogen-bond donors (Lipinski definition) is 3. The number of carbonyl (C=O) groups excluding carboxylic acids is 3. The van der Waals surface area contributed by atoms with E-state index in [1.54, 1.807) is 43.5 Å². The van der Waals surface area contributed by atoms with Gasteiger partial charge in [0.25, 0.3) is 0 Å². The number of hydrogen-bond acceptors (Lipinski definition) is 8. The van der Waals surface area contributed by atoms with Gasteiger partial charge in [0.05, 0.1) is 30.4 Å². The third-order valence-corrected chi connectivity index (χ3v) is 5.72. The van der Waals surface area contributed by atoms with Crippen LogP contribution in [0.4, 0.5) is 10.8 Å². The van der Waals surface area contributed by atoms with E-state index < -0.39 is 11.2 Å². The Bertz CT molecular complexity index is 929. The molecule has 3 N–H and O–H groups in total.